The van der Waals surface area contributed by atoms with Crippen LogP contribution in [0.15, 0.2) is 36.7 Å². The van der Waals surface area contributed by atoms with E-state index in [1.807, 2.05) is 25.4 Å². The van der Waals surface area contributed by atoms with Gasteiger partial charge >= 0.3 is 0 Å². The van der Waals surface area contributed by atoms with E-state index in [2.05, 4.69) is 16.0 Å². The molecule has 1 aromatic heterocycles. The summed E-state index contributed by atoms with van der Waals surface area (Å²) in [5.41, 5.74) is 1.61. The maximum Gasteiger partial charge on any atom is 0.200 e. The molecule has 1 fully saturated rings. The van der Waals surface area contributed by atoms with Gasteiger partial charge in [-0.25, -0.2) is 14.4 Å². The van der Waals surface area contributed by atoms with Crippen molar-refractivity contribution in [1.82, 2.24) is 9.97 Å². The Bertz CT molecular complexity index is 797. The molecular formula is C23H28F2N2O. The van der Waals surface area contributed by atoms with E-state index >= 15 is 0 Å². The monoisotopic (exact) mass is 386 g/mol. The van der Waals surface area contributed by atoms with E-state index in [4.69, 9.17) is 4.74 Å². The van der Waals surface area contributed by atoms with Crippen LogP contribution in [-0.2, 0) is 6.42 Å². The summed E-state index contributed by atoms with van der Waals surface area (Å²) in [6.45, 7) is 4.08. The first-order chi connectivity index (χ1) is 13.6. The number of ether oxygens (including phenoxy) is 1. The van der Waals surface area contributed by atoms with Crippen molar-refractivity contribution < 1.29 is 13.5 Å². The molecule has 1 aromatic carbocycles. The number of rotatable bonds is 7. The van der Waals surface area contributed by atoms with Gasteiger partial charge in [-0.3, -0.25) is 0 Å². The SMILES string of the molecule is C/C=C/CCc1ncc(C2CCC(c3ccc(OCC)c(F)c3F)CC2)cn1. The van der Waals surface area contributed by atoms with Gasteiger partial charge in [-0.15, -0.1) is 0 Å². The Kier molecular flexibility index (Phi) is 7.12. The van der Waals surface area contributed by atoms with Gasteiger partial charge in [0.2, 0.25) is 5.82 Å². The molecular weight excluding hydrogens is 358 g/mol. The number of nitrogens with zero attached hydrogens (tertiary/aromatic N) is 2. The second-order valence-electron chi connectivity index (χ2n) is 7.30. The summed E-state index contributed by atoms with van der Waals surface area (Å²) in [7, 11) is 0. The maximum absolute atomic E-state index is 14.5. The molecule has 0 aliphatic heterocycles. The highest BCUT2D eigenvalue weighted by Gasteiger charge is 2.27. The Morgan fingerprint density at radius 1 is 1.04 bits per heavy atom. The van der Waals surface area contributed by atoms with Crippen molar-refractivity contribution in [3.8, 4) is 5.75 Å². The first kappa shape index (κ1) is 20.4. The Hall–Kier alpha value is -2.30. The van der Waals surface area contributed by atoms with Crippen LogP contribution in [0.3, 0.4) is 0 Å². The normalized spacial score (nSPS) is 19.9. The molecule has 0 radical (unpaired) electrons. The van der Waals surface area contributed by atoms with Crippen LogP contribution in [0, 0.1) is 11.6 Å². The van der Waals surface area contributed by atoms with Gasteiger partial charge in [0.25, 0.3) is 0 Å². The minimum absolute atomic E-state index is 0.0101. The summed E-state index contributed by atoms with van der Waals surface area (Å²) in [6.07, 6.45) is 13.3. The molecule has 0 unspecified atom stereocenters. The van der Waals surface area contributed by atoms with Crippen molar-refractivity contribution in [2.45, 2.75) is 64.2 Å². The van der Waals surface area contributed by atoms with Gasteiger partial charge in [0, 0.05) is 18.8 Å². The molecule has 5 heteroatoms. The van der Waals surface area contributed by atoms with Crippen molar-refractivity contribution in [2.75, 3.05) is 6.61 Å². The highest BCUT2D eigenvalue weighted by atomic mass is 19.2. The molecule has 1 saturated carbocycles. The first-order valence-corrected chi connectivity index (χ1v) is 10.2. The molecule has 0 bridgehead atoms. The summed E-state index contributed by atoms with van der Waals surface area (Å²) >= 11 is 0. The standard InChI is InChI=1S/C23H28F2N2O/c1-3-5-6-7-21-26-14-18(15-27-21)16-8-10-17(11-9-16)19-12-13-20(28-4-2)23(25)22(19)24/h3,5,12-17H,4,6-11H2,1-2H3/b5-3+. The van der Waals surface area contributed by atoms with Gasteiger partial charge in [0.05, 0.1) is 6.61 Å². The zero-order valence-corrected chi connectivity index (χ0v) is 16.6. The van der Waals surface area contributed by atoms with Crippen molar-refractivity contribution in [1.29, 1.82) is 0 Å². The average Bonchev–Trinajstić information content (AvgIpc) is 2.73. The van der Waals surface area contributed by atoms with Gasteiger partial charge in [-0.1, -0.05) is 18.2 Å². The number of hydrogen-bond acceptors (Lipinski definition) is 3. The molecule has 0 amide bonds. The van der Waals surface area contributed by atoms with E-state index in [1.165, 1.54) is 0 Å². The summed E-state index contributed by atoms with van der Waals surface area (Å²) in [5, 5.41) is 0. The van der Waals surface area contributed by atoms with E-state index in [0.29, 0.717) is 18.1 Å². The average molecular weight is 386 g/mol. The third-order valence-corrected chi connectivity index (χ3v) is 5.51. The van der Waals surface area contributed by atoms with E-state index < -0.39 is 11.6 Å². The van der Waals surface area contributed by atoms with Crippen LogP contribution in [0.1, 0.15) is 74.7 Å². The molecule has 3 nitrogen and oxygen atoms in total. The summed E-state index contributed by atoms with van der Waals surface area (Å²) in [5.74, 6) is -0.350. The zero-order valence-electron chi connectivity index (χ0n) is 16.6. The molecule has 2 aromatic rings. The van der Waals surface area contributed by atoms with Crippen LogP contribution in [-0.4, -0.2) is 16.6 Å². The largest absolute Gasteiger partial charge is 0.491 e. The van der Waals surface area contributed by atoms with Crippen LogP contribution in [0.25, 0.3) is 0 Å². The van der Waals surface area contributed by atoms with Gasteiger partial charge in [-0.05, 0) is 75.0 Å². The van der Waals surface area contributed by atoms with Gasteiger partial charge in [0.1, 0.15) is 5.82 Å². The van der Waals surface area contributed by atoms with Crippen molar-refractivity contribution in [3.05, 3.63) is 65.3 Å². The predicted octanol–water partition coefficient (Wildman–Crippen LogP) is 6.10. The summed E-state index contributed by atoms with van der Waals surface area (Å²) in [6, 6.07) is 3.22. The minimum atomic E-state index is -0.872. The smallest absolute Gasteiger partial charge is 0.200 e. The molecule has 28 heavy (non-hydrogen) atoms. The highest BCUT2D eigenvalue weighted by molar-refractivity contribution is 5.33. The van der Waals surface area contributed by atoms with Crippen LogP contribution >= 0.6 is 0 Å². The van der Waals surface area contributed by atoms with Crippen LogP contribution in [0.5, 0.6) is 5.75 Å². The van der Waals surface area contributed by atoms with Gasteiger partial charge in [-0.2, -0.15) is 4.39 Å². The fourth-order valence-corrected chi connectivity index (χ4v) is 3.95. The Labute approximate surface area is 165 Å². The van der Waals surface area contributed by atoms with Crippen molar-refractivity contribution in [2.24, 2.45) is 0 Å². The van der Waals surface area contributed by atoms with Crippen LogP contribution < -0.4 is 4.74 Å². The van der Waals surface area contributed by atoms with Crippen LogP contribution in [0.2, 0.25) is 0 Å². The summed E-state index contributed by atoms with van der Waals surface area (Å²) < 4.78 is 33.8. The number of allylic oxidation sites excluding steroid dienone is 2. The number of aromatic nitrogens is 2. The molecule has 0 atom stereocenters. The molecule has 1 aliphatic carbocycles. The van der Waals surface area contributed by atoms with E-state index in [1.54, 1.807) is 19.1 Å². The number of benzene rings is 1. The maximum atomic E-state index is 14.5. The topological polar surface area (TPSA) is 35.0 Å². The Balaban J connectivity index is 1.61. The van der Waals surface area contributed by atoms with Crippen molar-refractivity contribution in [3.63, 3.8) is 0 Å². The Morgan fingerprint density at radius 2 is 1.71 bits per heavy atom. The highest BCUT2D eigenvalue weighted by Crippen LogP contribution is 2.41. The third kappa shape index (κ3) is 4.75. The third-order valence-electron chi connectivity index (χ3n) is 5.51. The molecule has 0 N–H and O–H groups in total. The molecule has 3 rings (SSSR count). The summed E-state index contributed by atoms with van der Waals surface area (Å²) in [4.78, 5) is 8.97. The van der Waals surface area contributed by atoms with Gasteiger partial charge in [0.15, 0.2) is 11.6 Å². The Morgan fingerprint density at radius 3 is 2.36 bits per heavy atom. The number of halogens is 2. The lowest BCUT2D eigenvalue weighted by atomic mass is 9.76. The van der Waals surface area contributed by atoms with E-state index in [-0.39, 0.29) is 11.7 Å². The molecule has 150 valence electrons. The van der Waals surface area contributed by atoms with E-state index in [9.17, 15) is 8.78 Å². The fourth-order valence-electron chi connectivity index (χ4n) is 3.95. The quantitative estimate of drug-likeness (QED) is 0.539. The van der Waals surface area contributed by atoms with Crippen molar-refractivity contribution >= 4 is 0 Å². The second kappa shape index (κ2) is 9.76. The molecule has 1 aliphatic rings. The predicted molar refractivity (Wildman–Crippen MR) is 107 cm³/mol. The lowest BCUT2D eigenvalue weighted by Gasteiger charge is -2.29. The lowest BCUT2D eigenvalue weighted by Crippen LogP contribution is -2.14. The lowest BCUT2D eigenvalue weighted by molar-refractivity contribution is 0.310. The van der Waals surface area contributed by atoms with Crippen LogP contribution in [0.4, 0.5) is 8.78 Å². The number of aryl methyl sites for hydroxylation is 1. The van der Waals surface area contributed by atoms with E-state index in [0.717, 1.165) is 49.9 Å². The number of hydrogen-bond donors (Lipinski definition) is 0. The second-order valence-corrected chi connectivity index (χ2v) is 7.30. The van der Waals surface area contributed by atoms with Gasteiger partial charge < -0.3 is 4.74 Å². The molecule has 1 heterocycles. The molecule has 0 saturated heterocycles. The first-order valence-electron chi connectivity index (χ1n) is 10.2. The zero-order chi connectivity index (χ0) is 19.9. The fraction of sp³-hybridized carbons (Fsp3) is 0.478. The molecule has 0 spiro atoms. The minimum Gasteiger partial charge on any atom is -0.491 e.